The lowest BCUT2D eigenvalue weighted by Crippen LogP contribution is -2.17. The highest BCUT2D eigenvalue weighted by atomic mass is 32.2. The van der Waals surface area contributed by atoms with Gasteiger partial charge in [-0.2, -0.15) is 0 Å². The number of fused-ring (bicyclic) bond motifs is 1. The van der Waals surface area contributed by atoms with Gasteiger partial charge in [0.15, 0.2) is 18.1 Å². The molecule has 2 N–H and O–H groups in total. The van der Waals surface area contributed by atoms with E-state index in [-0.39, 0.29) is 23.0 Å². The summed E-state index contributed by atoms with van der Waals surface area (Å²) in [5.41, 5.74) is 2.58. The van der Waals surface area contributed by atoms with Crippen LogP contribution in [-0.4, -0.2) is 45.2 Å². The first kappa shape index (κ1) is 23.3. The van der Waals surface area contributed by atoms with Crippen LogP contribution in [0.5, 0.6) is 17.2 Å². The van der Waals surface area contributed by atoms with Crippen molar-refractivity contribution in [3.63, 3.8) is 0 Å². The van der Waals surface area contributed by atoms with E-state index in [1.54, 1.807) is 19.1 Å². The highest BCUT2D eigenvalue weighted by Gasteiger charge is 2.22. The van der Waals surface area contributed by atoms with Crippen LogP contribution >= 0.6 is 0 Å². The van der Waals surface area contributed by atoms with Crippen LogP contribution in [0.1, 0.15) is 32.1 Å². The van der Waals surface area contributed by atoms with E-state index in [1.807, 2.05) is 23.6 Å². The summed E-state index contributed by atoms with van der Waals surface area (Å²) in [6.45, 7) is 3.27. The van der Waals surface area contributed by atoms with Crippen molar-refractivity contribution in [2.75, 3.05) is 20.5 Å². The number of hydrogen-bond donors (Lipinski definition) is 1. The summed E-state index contributed by atoms with van der Waals surface area (Å²) in [5.74, 6) is -0.0195. The largest absolute Gasteiger partial charge is 0.495 e. The van der Waals surface area contributed by atoms with Crippen LogP contribution in [0.2, 0.25) is 0 Å². The SMILES string of the molecule is COc1ccc(C(=O)OCC(=O)c2cc(C)n(-c3ccc4c(c3)OCO4)c2C)cc1S(N)(=O)=O. The van der Waals surface area contributed by atoms with Crippen molar-refractivity contribution in [1.29, 1.82) is 0 Å². The molecule has 11 heteroatoms. The molecule has 0 atom stereocenters. The van der Waals surface area contributed by atoms with Gasteiger partial charge >= 0.3 is 5.97 Å². The zero-order valence-electron chi connectivity index (χ0n) is 18.7. The summed E-state index contributed by atoms with van der Waals surface area (Å²) in [6, 6.07) is 10.8. The molecule has 1 aromatic heterocycles. The minimum Gasteiger partial charge on any atom is -0.495 e. The minimum absolute atomic E-state index is 0.00826. The van der Waals surface area contributed by atoms with Crippen LogP contribution < -0.4 is 19.3 Å². The number of Topliss-reactive ketones (excluding diaryl/α,β-unsaturated/α-hetero) is 1. The lowest BCUT2D eigenvalue weighted by atomic mass is 10.1. The molecule has 0 saturated carbocycles. The second kappa shape index (κ2) is 8.84. The average Bonchev–Trinajstić information content (AvgIpc) is 3.39. The quantitative estimate of drug-likeness (QED) is 0.397. The zero-order valence-corrected chi connectivity index (χ0v) is 19.5. The Morgan fingerprint density at radius 2 is 1.79 bits per heavy atom. The molecule has 0 unspecified atom stereocenters. The van der Waals surface area contributed by atoms with E-state index in [9.17, 15) is 18.0 Å². The summed E-state index contributed by atoms with van der Waals surface area (Å²) >= 11 is 0. The van der Waals surface area contributed by atoms with Gasteiger partial charge in [-0.15, -0.1) is 0 Å². The molecule has 10 nitrogen and oxygen atoms in total. The lowest BCUT2D eigenvalue weighted by molar-refractivity contribution is 0.0474. The second-order valence-corrected chi connectivity index (χ2v) is 9.10. The third-order valence-corrected chi connectivity index (χ3v) is 6.32. The molecule has 1 aliphatic heterocycles. The summed E-state index contributed by atoms with van der Waals surface area (Å²) in [4.78, 5) is 24.9. The number of sulfonamides is 1. The molecule has 4 rings (SSSR count). The Morgan fingerprint density at radius 1 is 1.06 bits per heavy atom. The third-order valence-electron chi connectivity index (χ3n) is 5.39. The predicted molar refractivity (Wildman–Crippen MR) is 120 cm³/mol. The molecule has 2 heterocycles. The number of nitrogens with two attached hydrogens (primary N) is 1. The Balaban J connectivity index is 1.52. The van der Waals surface area contributed by atoms with E-state index in [2.05, 4.69) is 0 Å². The summed E-state index contributed by atoms with van der Waals surface area (Å²) in [5, 5.41) is 5.18. The predicted octanol–water partition coefficient (Wildman–Crippen LogP) is 2.52. The van der Waals surface area contributed by atoms with Crippen LogP contribution in [0.25, 0.3) is 5.69 Å². The van der Waals surface area contributed by atoms with E-state index >= 15 is 0 Å². The van der Waals surface area contributed by atoms with E-state index in [1.165, 1.54) is 19.2 Å². The van der Waals surface area contributed by atoms with Crippen LogP contribution in [0.3, 0.4) is 0 Å². The van der Waals surface area contributed by atoms with Crippen molar-refractivity contribution in [3.05, 3.63) is 65.0 Å². The fraction of sp³-hybridized carbons (Fsp3) is 0.217. The van der Waals surface area contributed by atoms with Gasteiger partial charge in [-0.05, 0) is 50.2 Å². The Hall–Kier alpha value is -3.83. The van der Waals surface area contributed by atoms with Gasteiger partial charge < -0.3 is 23.5 Å². The molecule has 178 valence electrons. The lowest BCUT2D eigenvalue weighted by Gasteiger charge is -2.11. The van der Waals surface area contributed by atoms with Crippen molar-refractivity contribution >= 4 is 21.8 Å². The summed E-state index contributed by atoms with van der Waals surface area (Å²) in [7, 11) is -2.85. The number of ether oxygens (including phenoxy) is 4. The smallest absolute Gasteiger partial charge is 0.338 e. The minimum atomic E-state index is -4.13. The van der Waals surface area contributed by atoms with E-state index in [4.69, 9.17) is 24.1 Å². The Morgan fingerprint density at radius 3 is 2.50 bits per heavy atom. The molecule has 0 radical (unpaired) electrons. The molecule has 0 bridgehead atoms. The second-order valence-electron chi connectivity index (χ2n) is 7.57. The molecule has 2 aromatic carbocycles. The van der Waals surface area contributed by atoms with Crippen molar-refractivity contribution in [3.8, 4) is 22.9 Å². The Labute approximate surface area is 195 Å². The topological polar surface area (TPSA) is 136 Å². The van der Waals surface area contributed by atoms with Gasteiger partial charge in [-0.25, -0.2) is 18.4 Å². The van der Waals surface area contributed by atoms with Gasteiger partial charge in [0.2, 0.25) is 22.6 Å². The highest BCUT2D eigenvalue weighted by molar-refractivity contribution is 7.89. The summed E-state index contributed by atoms with van der Waals surface area (Å²) < 4.78 is 46.3. The van der Waals surface area contributed by atoms with Crippen LogP contribution in [0.4, 0.5) is 0 Å². The molecule has 1 aliphatic rings. The van der Waals surface area contributed by atoms with Crippen molar-refractivity contribution in [2.24, 2.45) is 5.14 Å². The maximum Gasteiger partial charge on any atom is 0.338 e. The van der Waals surface area contributed by atoms with Gasteiger partial charge in [-0.3, -0.25) is 4.79 Å². The number of rotatable bonds is 7. The average molecular weight is 487 g/mol. The first-order chi connectivity index (χ1) is 16.1. The van der Waals surface area contributed by atoms with Gasteiger partial charge in [0.1, 0.15) is 10.6 Å². The fourth-order valence-electron chi connectivity index (χ4n) is 3.78. The molecule has 0 fully saturated rings. The number of hydrogen-bond acceptors (Lipinski definition) is 8. The first-order valence-corrected chi connectivity index (χ1v) is 11.6. The maximum atomic E-state index is 12.8. The van der Waals surface area contributed by atoms with E-state index < -0.39 is 28.4 Å². The number of primary sulfonamides is 1. The van der Waals surface area contributed by atoms with Crippen LogP contribution in [0.15, 0.2) is 47.4 Å². The van der Waals surface area contributed by atoms with E-state index in [0.717, 1.165) is 17.4 Å². The standard InChI is InChI=1S/C23H22N2O8S/c1-13-8-17(14(2)25(13)16-5-7-19-21(10-16)33-12-32-19)18(26)11-31-23(27)15-4-6-20(30-3)22(9-15)34(24,28)29/h4-10H,11-12H2,1-3H3,(H2,24,28,29). The van der Waals surface area contributed by atoms with Crippen molar-refractivity contribution in [2.45, 2.75) is 18.7 Å². The molecule has 0 spiro atoms. The molecule has 0 aliphatic carbocycles. The fourth-order valence-corrected chi connectivity index (χ4v) is 4.51. The van der Waals surface area contributed by atoms with Gasteiger partial charge in [0.25, 0.3) is 0 Å². The maximum absolute atomic E-state index is 12.8. The molecule has 0 saturated heterocycles. The monoisotopic (exact) mass is 486 g/mol. The van der Waals surface area contributed by atoms with Gasteiger partial charge in [-0.1, -0.05) is 0 Å². The normalized spacial score (nSPS) is 12.5. The molecule has 0 amide bonds. The van der Waals surface area contributed by atoms with Gasteiger partial charge in [0.05, 0.1) is 12.7 Å². The zero-order chi connectivity index (χ0) is 24.6. The number of methoxy groups -OCH3 is 1. The Kier molecular flexibility index (Phi) is 6.07. The van der Waals surface area contributed by atoms with Crippen molar-refractivity contribution < 1.29 is 37.0 Å². The molecule has 3 aromatic rings. The Bertz CT molecular complexity index is 1410. The number of esters is 1. The number of aryl methyl sites for hydroxylation is 1. The molecular formula is C23H22N2O8S. The summed E-state index contributed by atoms with van der Waals surface area (Å²) in [6.07, 6.45) is 0. The number of carbonyl (C=O) groups excluding carboxylic acids is 2. The first-order valence-electron chi connectivity index (χ1n) is 10.1. The molecule has 34 heavy (non-hydrogen) atoms. The van der Waals surface area contributed by atoms with Gasteiger partial charge in [0, 0.05) is 28.7 Å². The number of carbonyl (C=O) groups is 2. The number of aromatic nitrogens is 1. The third kappa shape index (κ3) is 4.35. The molecular weight excluding hydrogens is 464 g/mol. The highest BCUT2D eigenvalue weighted by Crippen LogP contribution is 2.35. The number of nitrogens with zero attached hydrogens (tertiary/aromatic N) is 1. The number of ketones is 1. The number of benzene rings is 2. The van der Waals surface area contributed by atoms with Crippen LogP contribution in [0, 0.1) is 13.8 Å². The van der Waals surface area contributed by atoms with Crippen molar-refractivity contribution in [1.82, 2.24) is 4.57 Å². The van der Waals surface area contributed by atoms with E-state index in [0.29, 0.717) is 22.8 Å². The van der Waals surface area contributed by atoms with Crippen LogP contribution in [-0.2, 0) is 14.8 Å².